The fraction of sp³-hybridized carbons (Fsp3) is 0.682. The maximum absolute atomic E-state index is 12.2. The van der Waals surface area contributed by atoms with Crippen LogP contribution < -0.4 is 5.73 Å². The molecule has 1 aromatic rings. The first-order chi connectivity index (χ1) is 12.6. The molecule has 1 aromatic carbocycles. The number of rotatable bonds is 4. The molecule has 0 radical (unpaired) electrons. The normalized spacial score (nSPS) is 24.1. The average molecular weight is 372 g/mol. The largest absolute Gasteiger partial charge is 0.444 e. The smallest absolute Gasteiger partial charge is 0.410 e. The molecular weight excluding hydrogens is 338 g/mol. The third kappa shape index (κ3) is 3.59. The average Bonchev–Trinajstić information content (AvgIpc) is 3.26. The highest BCUT2D eigenvalue weighted by molar-refractivity contribution is 5.69. The second kappa shape index (κ2) is 6.21. The van der Waals surface area contributed by atoms with E-state index in [4.69, 9.17) is 10.5 Å². The molecule has 1 atom stereocenters. The van der Waals surface area contributed by atoms with Crippen LogP contribution in [0.2, 0.25) is 0 Å². The highest BCUT2D eigenvalue weighted by Gasteiger charge is 2.55. The van der Waals surface area contributed by atoms with Crippen molar-refractivity contribution in [3.8, 4) is 0 Å². The quantitative estimate of drug-likeness (QED) is 0.878. The third-order valence-electron chi connectivity index (χ3n) is 6.27. The Bertz CT molecular complexity index is 704. The zero-order valence-electron chi connectivity index (χ0n) is 17.1. The minimum Gasteiger partial charge on any atom is -0.444 e. The number of carbonyl (C=O) groups is 1. The van der Waals surface area contributed by atoms with Crippen molar-refractivity contribution in [1.82, 2.24) is 9.80 Å². The topological polar surface area (TPSA) is 58.8 Å². The molecule has 1 saturated carbocycles. The fourth-order valence-electron chi connectivity index (χ4n) is 4.62. The van der Waals surface area contributed by atoms with Gasteiger partial charge in [0, 0.05) is 43.2 Å². The molecule has 1 amide bonds. The highest BCUT2D eigenvalue weighted by atomic mass is 16.6. The summed E-state index contributed by atoms with van der Waals surface area (Å²) >= 11 is 0. The van der Waals surface area contributed by atoms with E-state index in [1.165, 1.54) is 11.1 Å². The van der Waals surface area contributed by atoms with Gasteiger partial charge in [0.15, 0.2) is 0 Å². The summed E-state index contributed by atoms with van der Waals surface area (Å²) in [7, 11) is 0. The lowest BCUT2D eigenvalue weighted by molar-refractivity contribution is -0.127. The number of hydrogen-bond acceptors (Lipinski definition) is 4. The summed E-state index contributed by atoms with van der Waals surface area (Å²) in [6.07, 6.45) is 3.13. The molecular formula is C22H33N3O2. The van der Waals surface area contributed by atoms with Crippen LogP contribution in [0.15, 0.2) is 24.3 Å². The van der Waals surface area contributed by atoms with Crippen molar-refractivity contribution < 1.29 is 9.53 Å². The number of amides is 1. The first-order valence-corrected chi connectivity index (χ1v) is 10.2. The molecule has 1 spiro atoms. The summed E-state index contributed by atoms with van der Waals surface area (Å²) in [6, 6.07) is 9.40. The molecule has 2 heterocycles. The number of benzene rings is 1. The van der Waals surface area contributed by atoms with E-state index >= 15 is 0 Å². The minimum absolute atomic E-state index is 0.0574. The van der Waals surface area contributed by atoms with E-state index in [9.17, 15) is 4.79 Å². The highest BCUT2D eigenvalue weighted by Crippen LogP contribution is 2.46. The van der Waals surface area contributed by atoms with Crippen molar-refractivity contribution >= 4 is 6.09 Å². The molecule has 2 N–H and O–H groups in total. The summed E-state index contributed by atoms with van der Waals surface area (Å²) in [4.78, 5) is 16.6. The van der Waals surface area contributed by atoms with Crippen LogP contribution in [-0.2, 0) is 10.3 Å². The standard InChI is InChI=1S/C22H33N3O2/c1-5-18(16-6-8-17(9-7-16)22(23)10-11-22)24-12-21(13-24)14-25(15-21)19(26)27-20(2,3)4/h6-9,18H,5,10-15,23H2,1-4H3. The van der Waals surface area contributed by atoms with Crippen LogP contribution >= 0.6 is 0 Å². The molecule has 27 heavy (non-hydrogen) atoms. The summed E-state index contributed by atoms with van der Waals surface area (Å²) in [5.74, 6) is 0. The summed E-state index contributed by atoms with van der Waals surface area (Å²) in [6.45, 7) is 11.8. The summed E-state index contributed by atoms with van der Waals surface area (Å²) < 4.78 is 5.48. The number of nitrogens with two attached hydrogens (primary N) is 1. The number of ether oxygens (including phenoxy) is 1. The van der Waals surface area contributed by atoms with Crippen LogP contribution in [0.1, 0.15) is 64.1 Å². The molecule has 3 aliphatic rings. The van der Waals surface area contributed by atoms with Gasteiger partial charge >= 0.3 is 6.09 Å². The maximum atomic E-state index is 12.2. The second-order valence-electron chi connectivity index (χ2n) is 9.94. The Labute approximate surface area is 162 Å². The lowest BCUT2D eigenvalue weighted by Gasteiger charge is -2.61. The van der Waals surface area contributed by atoms with Crippen molar-refractivity contribution in [1.29, 1.82) is 0 Å². The summed E-state index contributed by atoms with van der Waals surface area (Å²) in [5.41, 5.74) is 8.75. The van der Waals surface area contributed by atoms with Crippen molar-refractivity contribution in [2.45, 2.75) is 64.1 Å². The van der Waals surface area contributed by atoms with Crippen molar-refractivity contribution in [3.05, 3.63) is 35.4 Å². The SMILES string of the molecule is CCC(c1ccc(C2(N)CC2)cc1)N1CC2(CN(C(=O)OC(C)(C)C)C2)C1. The first kappa shape index (κ1) is 18.8. The Morgan fingerprint density at radius 3 is 2.22 bits per heavy atom. The van der Waals surface area contributed by atoms with Gasteiger partial charge in [-0.25, -0.2) is 4.79 Å². The van der Waals surface area contributed by atoms with Gasteiger partial charge in [-0.1, -0.05) is 31.2 Å². The van der Waals surface area contributed by atoms with Crippen LogP contribution in [0.5, 0.6) is 0 Å². The van der Waals surface area contributed by atoms with E-state index in [0.29, 0.717) is 6.04 Å². The van der Waals surface area contributed by atoms with Gasteiger partial charge in [-0.15, -0.1) is 0 Å². The van der Waals surface area contributed by atoms with Gasteiger partial charge in [0.1, 0.15) is 5.60 Å². The monoisotopic (exact) mass is 371 g/mol. The van der Waals surface area contributed by atoms with E-state index in [1.54, 1.807) is 0 Å². The number of nitrogens with zero attached hydrogens (tertiary/aromatic N) is 2. The Morgan fingerprint density at radius 2 is 1.74 bits per heavy atom. The first-order valence-electron chi connectivity index (χ1n) is 10.2. The van der Waals surface area contributed by atoms with Gasteiger partial charge in [0.2, 0.25) is 0 Å². The van der Waals surface area contributed by atoms with Gasteiger partial charge in [-0.3, -0.25) is 4.90 Å². The Kier molecular flexibility index (Phi) is 4.32. The Hall–Kier alpha value is -1.59. The fourth-order valence-corrected chi connectivity index (χ4v) is 4.62. The molecule has 1 unspecified atom stereocenters. The Morgan fingerprint density at radius 1 is 1.15 bits per heavy atom. The van der Waals surface area contributed by atoms with Crippen LogP contribution in [0.25, 0.3) is 0 Å². The zero-order chi connectivity index (χ0) is 19.4. The summed E-state index contributed by atoms with van der Waals surface area (Å²) in [5, 5.41) is 0. The lowest BCUT2D eigenvalue weighted by atomic mass is 9.71. The second-order valence-corrected chi connectivity index (χ2v) is 9.94. The van der Waals surface area contributed by atoms with Crippen LogP contribution in [-0.4, -0.2) is 47.7 Å². The van der Waals surface area contributed by atoms with Crippen molar-refractivity contribution in [2.75, 3.05) is 26.2 Å². The number of hydrogen-bond donors (Lipinski definition) is 1. The van der Waals surface area contributed by atoms with Gasteiger partial charge in [0.25, 0.3) is 0 Å². The van der Waals surface area contributed by atoms with E-state index in [2.05, 4.69) is 36.1 Å². The molecule has 5 heteroatoms. The molecule has 3 fully saturated rings. The van der Waals surface area contributed by atoms with Gasteiger partial charge in [0.05, 0.1) is 0 Å². The van der Waals surface area contributed by atoms with Crippen molar-refractivity contribution in [3.63, 3.8) is 0 Å². The Balaban J connectivity index is 1.31. The van der Waals surface area contributed by atoms with Gasteiger partial charge in [-0.2, -0.15) is 0 Å². The van der Waals surface area contributed by atoms with Crippen LogP contribution in [0.4, 0.5) is 4.79 Å². The minimum atomic E-state index is -0.423. The molecule has 2 aliphatic heterocycles. The zero-order valence-corrected chi connectivity index (χ0v) is 17.1. The van der Waals surface area contributed by atoms with Gasteiger partial charge in [-0.05, 0) is 51.2 Å². The predicted octanol–water partition coefficient (Wildman–Crippen LogP) is 3.64. The molecule has 1 aliphatic carbocycles. The number of carbonyl (C=O) groups excluding carboxylic acids is 1. The number of likely N-dealkylation sites (tertiary alicyclic amines) is 2. The van der Waals surface area contributed by atoms with E-state index in [-0.39, 0.29) is 17.0 Å². The maximum Gasteiger partial charge on any atom is 0.410 e. The van der Waals surface area contributed by atoms with Crippen LogP contribution in [0.3, 0.4) is 0 Å². The van der Waals surface area contributed by atoms with E-state index in [0.717, 1.165) is 45.4 Å². The van der Waals surface area contributed by atoms with Gasteiger partial charge < -0.3 is 15.4 Å². The molecule has 148 valence electrons. The van der Waals surface area contributed by atoms with E-state index < -0.39 is 5.60 Å². The lowest BCUT2D eigenvalue weighted by Crippen LogP contribution is -2.73. The third-order valence-corrected chi connectivity index (χ3v) is 6.27. The van der Waals surface area contributed by atoms with Crippen LogP contribution in [0, 0.1) is 5.41 Å². The molecule has 5 nitrogen and oxygen atoms in total. The molecule has 4 rings (SSSR count). The van der Waals surface area contributed by atoms with Crippen molar-refractivity contribution in [2.24, 2.45) is 11.1 Å². The predicted molar refractivity (Wildman–Crippen MR) is 106 cm³/mol. The van der Waals surface area contributed by atoms with E-state index in [1.807, 2.05) is 25.7 Å². The molecule has 0 aromatic heterocycles. The molecule has 2 saturated heterocycles. The molecule has 0 bridgehead atoms.